The van der Waals surface area contributed by atoms with Gasteiger partial charge in [0.15, 0.2) is 0 Å². The first-order chi connectivity index (χ1) is 11.0. The molecule has 0 fully saturated rings. The Kier molecular flexibility index (Phi) is 5.42. The van der Waals surface area contributed by atoms with Gasteiger partial charge in [-0.05, 0) is 30.4 Å². The molecule has 0 saturated heterocycles. The van der Waals surface area contributed by atoms with Gasteiger partial charge in [0.25, 0.3) is 0 Å². The van der Waals surface area contributed by atoms with Gasteiger partial charge in [0.1, 0.15) is 0 Å². The van der Waals surface area contributed by atoms with E-state index in [4.69, 9.17) is 5.11 Å². The number of carboxylic acid groups (broad SMARTS) is 1. The molecule has 1 amide bonds. The molecule has 2 aromatic rings. The number of rotatable bonds is 8. The molecule has 0 bridgehead atoms. The van der Waals surface area contributed by atoms with Gasteiger partial charge in [-0.3, -0.25) is 9.59 Å². The molecule has 0 atom stereocenters. The number of para-hydroxylation sites is 1. The average molecular weight is 316 g/mol. The van der Waals surface area contributed by atoms with Crippen LogP contribution in [0.15, 0.2) is 36.5 Å². The summed E-state index contributed by atoms with van der Waals surface area (Å²) in [5, 5.41) is 13.2. The summed E-state index contributed by atoms with van der Waals surface area (Å²) in [6.45, 7) is 4.40. The molecular formula is C18H24N2O3. The lowest BCUT2D eigenvalue weighted by Crippen LogP contribution is -2.49. The molecule has 0 aliphatic heterocycles. The molecule has 5 nitrogen and oxygen atoms in total. The number of benzene rings is 1. The molecule has 0 spiro atoms. The van der Waals surface area contributed by atoms with Crippen LogP contribution >= 0.6 is 0 Å². The summed E-state index contributed by atoms with van der Waals surface area (Å²) in [5.41, 5.74) is 0.449. The third-order valence-corrected chi connectivity index (χ3v) is 4.51. The number of hydrogen-bond acceptors (Lipinski definition) is 2. The van der Waals surface area contributed by atoms with Crippen molar-refractivity contribution in [2.75, 3.05) is 0 Å². The summed E-state index contributed by atoms with van der Waals surface area (Å²) in [6.07, 6.45) is 3.47. The molecule has 0 unspecified atom stereocenters. The fourth-order valence-corrected chi connectivity index (χ4v) is 2.93. The van der Waals surface area contributed by atoms with Gasteiger partial charge in [0.2, 0.25) is 5.91 Å². The van der Waals surface area contributed by atoms with Crippen LogP contribution in [0.25, 0.3) is 10.9 Å². The smallest absolute Gasteiger partial charge is 0.305 e. The van der Waals surface area contributed by atoms with Crippen molar-refractivity contribution in [3.8, 4) is 0 Å². The molecule has 124 valence electrons. The highest BCUT2D eigenvalue weighted by molar-refractivity contribution is 5.81. The van der Waals surface area contributed by atoms with E-state index >= 15 is 0 Å². The first kappa shape index (κ1) is 17.1. The van der Waals surface area contributed by atoms with Crippen molar-refractivity contribution in [3.63, 3.8) is 0 Å². The minimum absolute atomic E-state index is 0.0435. The Hall–Kier alpha value is -2.30. The van der Waals surface area contributed by atoms with E-state index in [0.29, 0.717) is 25.8 Å². The van der Waals surface area contributed by atoms with Gasteiger partial charge in [-0.2, -0.15) is 0 Å². The summed E-state index contributed by atoms with van der Waals surface area (Å²) in [5.74, 6) is -0.988. The van der Waals surface area contributed by atoms with E-state index in [1.54, 1.807) is 0 Å². The fourth-order valence-electron chi connectivity index (χ4n) is 2.93. The van der Waals surface area contributed by atoms with Crippen LogP contribution in [0.5, 0.6) is 0 Å². The van der Waals surface area contributed by atoms with E-state index in [0.717, 1.165) is 10.9 Å². The maximum absolute atomic E-state index is 12.3. The fraction of sp³-hybridized carbons (Fsp3) is 0.444. The van der Waals surface area contributed by atoms with Gasteiger partial charge < -0.3 is 15.0 Å². The maximum Gasteiger partial charge on any atom is 0.305 e. The Balaban J connectivity index is 2.00. The SMILES string of the molecule is CCC(CC)(CC(=O)O)NC(=O)CCn1ccc2ccccc21. The van der Waals surface area contributed by atoms with Crippen molar-refractivity contribution < 1.29 is 14.7 Å². The topological polar surface area (TPSA) is 71.3 Å². The normalized spacial score (nSPS) is 11.6. The number of aryl methyl sites for hydroxylation is 1. The predicted octanol–water partition coefficient (Wildman–Crippen LogP) is 3.18. The molecule has 0 aliphatic carbocycles. The standard InChI is InChI=1S/C18H24N2O3/c1-3-18(4-2,13-17(22)23)19-16(21)10-12-20-11-9-14-7-5-6-8-15(14)20/h5-9,11H,3-4,10,12-13H2,1-2H3,(H,19,21)(H,22,23). The molecular weight excluding hydrogens is 292 g/mol. The third kappa shape index (κ3) is 4.12. The summed E-state index contributed by atoms with van der Waals surface area (Å²) < 4.78 is 2.05. The van der Waals surface area contributed by atoms with Crippen LogP contribution in [-0.2, 0) is 16.1 Å². The zero-order valence-electron chi connectivity index (χ0n) is 13.7. The molecule has 5 heteroatoms. The summed E-state index contributed by atoms with van der Waals surface area (Å²) in [7, 11) is 0. The second kappa shape index (κ2) is 7.31. The third-order valence-electron chi connectivity index (χ3n) is 4.51. The molecule has 2 rings (SSSR count). The summed E-state index contributed by atoms with van der Waals surface area (Å²) >= 11 is 0. The Morgan fingerprint density at radius 3 is 2.52 bits per heavy atom. The van der Waals surface area contributed by atoms with E-state index in [1.165, 1.54) is 0 Å². The number of nitrogens with one attached hydrogen (secondary N) is 1. The van der Waals surface area contributed by atoms with Crippen molar-refractivity contribution in [2.24, 2.45) is 0 Å². The first-order valence-corrected chi connectivity index (χ1v) is 8.06. The molecule has 1 heterocycles. The quantitative estimate of drug-likeness (QED) is 0.785. The largest absolute Gasteiger partial charge is 0.481 e. The van der Waals surface area contributed by atoms with E-state index < -0.39 is 11.5 Å². The van der Waals surface area contributed by atoms with Crippen LogP contribution in [0.3, 0.4) is 0 Å². The highest BCUT2D eigenvalue weighted by atomic mass is 16.4. The summed E-state index contributed by atoms with van der Waals surface area (Å²) in [6, 6.07) is 10.1. The van der Waals surface area contributed by atoms with Gasteiger partial charge in [0, 0.05) is 30.2 Å². The van der Waals surface area contributed by atoms with Gasteiger partial charge in [-0.15, -0.1) is 0 Å². The monoisotopic (exact) mass is 316 g/mol. The Labute approximate surface area is 136 Å². The number of amides is 1. The van der Waals surface area contributed by atoms with Crippen molar-refractivity contribution in [2.45, 2.75) is 51.6 Å². The van der Waals surface area contributed by atoms with Gasteiger partial charge >= 0.3 is 5.97 Å². The number of nitrogens with zero attached hydrogens (tertiary/aromatic N) is 1. The highest BCUT2D eigenvalue weighted by Crippen LogP contribution is 2.20. The molecule has 23 heavy (non-hydrogen) atoms. The van der Waals surface area contributed by atoms with Gasteiger partial charge in [0.05, 0.1) is 6.42 Å². The molecule has 1 aromatic carbocycles. The molecule has 2 N–H and O–H groups in total. The van der Waals surface area contributed by atoms with E-state index in [9.17, 15) is 9.59 Å². The Bertz CT molecular complexity index is 686. The van der Waals surface area contributed by atoms with Gasteiger partial charge in [-0.25, -0.2) is 0 Å². The van der Waals surface area contributed by atoms with Crippen LogP contribution < -0.4 is 5.32 Å². The number of aliphatic carboxylic acids is 1. The minimum Gasteiger partial charge on any atom is -0.481 e. The van der Waals surface area contributed by atoms with Crippen LogP contribution in [0.1, 0.15) is 39.5 Å². The van der Waals surface area contributed by atoms with Crippen molar-refractivity contribution in [1.29, 1.82) is 0 Å². The number of hydrogen-bond donors (Lipinski definition) is 2. The van der Waals surface area contributed by atoms with E-state index in [-0.39, 0.29) is 12.3 Å². The zero-order valence-corrected chi connectivity index (χ0v) is 13.7. The lowest BCUT2D eigenvalue weighted by Gasteiger charge is -2.31. The lowest BCUT2D eigenvalue weighted by molar-refractivity contribution is -0.139. The van der Waals surface area contributed by atoms with E-state index in [1.807, 2.05) is 54.9 Å². The predicted molar refractivity (Wildman–Crippen MR) is 90.3 cm³/mol. The minimum atomic E-state index is -0.884. The second-order valence-corrected chi connectivity index (χ2v) is 5.92. The van der Waals surface area contributed by atoms with Crippen molar-refractivity contribution in [1.82, 2.24) is 9.88 Å². The van der Waals surface area contributed by atoms with Crippen LogP contribution in [0, 0.1) is 0 Å². The zero-order chi connectivity index (χ0) is 16.9. The maximum atomic E-state index is 12.3. The molecule has 1 aromatic heterocycles. The Morgan fingerprint density at radius 2 is 1.87 bits per heavy atom. The van der Waals surface area contributed by atoms with Gasteiger partial charge in [-0.1, -0.05) is 32.0 Å². The Morgan fingerprint density at radius 1 is 1.17 bits per heavy atom. The number of carbonyl (C=O) groups excluding carboxylic acids is 1. The van der Waals surface area contributed by atoms with E-state index in [2.05, 4.69) is 5.32 Å². The molecule has 0 saturated carbocycles. The summed E-state index contributed by atoms with van der Waals surface area (Å²) in [4.78, 5) is 23.3. The van der Waals surface area contributed by atoms with Crippen LogP contribution in [0.2, 0.25) is 0 Å². The van der Waals surface area contributed by atoms with Crippen molar-refractivity contribution >= 4 is 22.8 Å². The first-order valence-electron chi connectivity index (χ1n) is 8.06. The molecule has 0 aliphatic rings. The number of carbonyl (C=O) groups is 2. The van der Waals surface area contributed by atoms with Crippen LogP contribution in [-0.4, -0.2) is 27.1 Å². The number of fused-ring (bicyclic) bond motifs is 1. The van der Waals surface area contributed by atoms with Crippen molar-refractivity contribution in [3.05, 3.63) is 36.5 Å². The molecule has 0 radical (unpaired) electrons. The second-order valence-electron chi connectivity index (χ2n) is 5.92. The number of aromatic nitrogens is 1. The number of carboxylic acids is 1. The lowest BCUT2D eigenvalue weighted by atomic mass is 9.89. The highest BCUT2D eigenvalue weighted by Gasteiger charge is 2.30. The van der Waals surface area contributed by atoms with Crippen LogP contribution in [0.4, 0.5) is 0 Å². The average Bonchev–Trinajstić information content (AvgIpc) is 2.95.